The number of nitrogen functional groups attached to an aromatic ring is 1. The van der Waals surface area contributed by atoms with Crippen molar-refractivity contribution in [3.05, 3.63) is 29.8 Å². The molecule has 4 N–H and O–H groups in total. The minimum absolute atomic E-state index is 0.0121. The number of anilines is 1. The third-order valence-electron chi connectivity index (χ3n) is 2.23. The Morgan fingerprint density at radius 1 is 1.16 bits per heavy atom. The lowest BCUT2D eigenvalue weighted by Crippen LogP contribution is -2.12. The highest BCUT2D eigenvalue weighted by Crippen LogP contribution is 2.16. The molecule has 0 aliphatic heterocycles. The lowest BCUT2D eigenvalue weighted by atomic mass is 9.93. The van der Waals surface area contributed by atoms with Crippen molar-refractivity contribution in [1.29, 1.82) is 0 Å². The minimum atomic E-state index is 0.0121. The quantitative estimate of drug-likeness (QED) is 0.630. The summed E-state index contributed by atoms with van der Waals surface area (Å²) in [7, 11) is 0. The van der Waals surface area contributed by atoms with E-state index in [4.69, 9.17) is 11.5 Å². The van der Waals surface area contributed by atoms with Crippen LogP contribution in [-0.4, -0.2) is 12.3 Å². The number of benzene rings is 1. The highest BCUT2D eigenvalue weighted by atomic mass is 16.1. The van der Waals surface area contributed by atoms with Crippen LogP contribution in [0.4, 0.5) is 5.69 Å². The molecule has 0 aliphatic rings. The Bertz CT molecular complexity index is 354. The SMILES string of the molecule is CC.CC(=O)c1ccccc1N.CC(C)(C)CCN. The minimum Gasteiger partial charge on any atom is -0.398 e. The largest absolute Gasteiger partial charge is 0.398 e. The Hall–Kier alpha value is -1.35. The fraction of sp³-hybridized carbons (Fsp3) is 0.562. The van der Waals surface area contributed by atoms with E-state index in [0.717, 1.165) is 13.0 Å². The summed E-state index contributed by atoms with van der Waals surface area (Å²) in [6.07, 6.45) is 1.12. The molecule has 0 bridgehead atoms. The third kappa shape index (κ3) is 11.5. The number of hydrogen-bond acceptors (Lipinski definition) is 3. The molecule has 1 rings (SSSR count). The second-order valence-electron chi connectivity index (χ2n) is 5.24. The number of carbonyl (C=O) groups is 1. The summed E-state index contributed by atoms with van der Waals surface area (Å²) >= 11 is 0. The highest BCUT2D eigenvalue weighted by molar-refractivity contribution is 5.98. The van der Waals surface area contributed by atoms with Gasteiger partial charge in [-0.3, -0.25) is 4.79 Å². The van der Waals surface area contributed by atoms with Crippen molar-refractivity contribution in [3.63, 3.8) is 0 Å². The first kappa shape index (κ1) is 20.0. The molecule has 0 spiro atoms. The number of carbonyl (C=O) groups excluding carboxylic acids is 1. The third-order valence-corrected chi connectivity index (χ3v) is 2.23. The summed E-state index contributed by atoms with van der Waals surface area (Å²) in [4.78, 5) is 10.8. The normalized spacial score (nSPS) is 9.63. The average Bonchev–Trinajstić information content (AvgIpc) is 2.31. The molecule has 0 radical (unpaired) electrons. The summed E-state index contributed by atoms with van der Waals surface area (Å²) in [6, 6.07) is 7.04. The predicted molar refractivity (Wildman–Crippen MR) is 85.3 cm³/mol. The summed E-state index contributed by atoms with van der Waals surface area (Å²) in [5, 5.41) is 0. The van der Waals surface area contributed by atoms with E-state index in [2.05, 4.69) is 20.8 Å². The first-order valence-corrected chi connectivity index (χ1v) is 6.83. The van der Waals surface area contributed by atoms with E-state index in [1.54, 1.807) is 18.2 Å². The molecule has 3 nitrogen and oxygen atoms in total. The van der Waals surface area contributed by atoms with Crippen LogP contribution in [-0.2, 0) is 0 Å². The Labute approximate surface area is 118 Å². The number of Topliss-reactive ketones (excluding diaryl/α,β-unsaturated/α-hetero) is 1. The molecule has 3 heteroatoms. The molecule has 0 aliphatic carbocycles. The van der Waals surface area contributed by atoms with Crippen molar-refractivity contribution in [2.75, 3.05) is 12.3 Å². The maximum Gasteiger partial charge on any atom is 0.161 e. The van der Waals surface area contributed by atoms with Gasteiger partial charge in [-0.1, -0.05) is 46.8 Å². The highest BCUT2D eigenvalue weighted by Gasteiger charge is 2.06. The zero-order chi connectivity index (χ0) is 15.5. The molecule has 0 saturated carbocycles. The summed E-state index contributed by atoms with van der Waals surface area (Å²) in [6.45, 7) is 12.9. The molecule has 0 amide bonds. The van der Waals surface area contributed by atoms with Crippen LogP contribution < -0.4 is 11.5 Å². The molecule has 110 valence electrons. The van der Waals surface area contributed by atoms with Gasteiger partial charge >= 0.3 is 0 Å². The molecular weight excluding hydrogens is 236 g/mol. The smallest absolute Gasteiger partial charge is 0.161 e. The molecule has 1 aromatic carbocycles. The number of ketones is 1. The standard InChI is InChI=1S/C8H9NO.C6H15N.C2H6/c1-6(10)7-4-2-3-5-8(7)9;1-6(2,3)4-5-7;1-2/h2-5H,9H2,1H3;4-5,7H2,1-3H3;1-2H3. The van der Waals surface area contributed by atoms with Crippen molar-refractivity contribution in [2.45, 2.75) is 48.0 Å². The molecule has 19 heavy (non-hydrogen) atoms. The number of nitrogens with two attached hydrogens (primary N) is 2. The van der Waals surface area contributed by atoms with Gasteiger partial charge in [0.25, 0.3) is 0 Å². The van der Waals surface area contributed by atoms with Crippen molar-refractivity contribution in [3.8, 4) is 0 Å². The van der Waals surface area contributed by atoms with Crippen molar-refractivity contribution in [2.24, 2.45) is 11.1 Å². The van der Waals surface area contributed by atoms with E-state index >= 15 is 0 Å². The Kier molecular flexibility index (Phi) is 11.1. The molecule has 0 saturated heterocycles. The van der Waals surface area contributed by atoms with Gasteiger partial charge in [-0.25, -0.2) is 0 Å². The van der Waals surface area contributed by atoms with Crippen LogP contribution >= 0.6 is 0 Å². The van der Waals surface area contributed by atoms with Gasteiger partial charge in [-0.05, 0) is 37.4 Å². The molecule has 0 fully saturated rings. The summed E-state index contributed by atoms with van der Waals surface area (Å²) in [5.41, 5.74) is 12.4. The predicted octanol–water partition coefficient (Wildman–Crippen LogP) is 3.88. The van der Waals surface area contributed by atoms with Gasteiger partial charge in [0.2, 0.25) is 0 Å². The fourth-order valence-electron chi connectivity index (χ4n) is 1.25. The lowest BCUT2D eigenvalue weighted by molar-refractivity contribution is 0.101. The van der Waals surface area contributed by atoms with Crippen LogP contribution in [0.15, 0.2) is 24.3 Å². The van der Waals surface area contributed by atoms with Gasteiger partial charge < -0.3 is 11.5 Å². The molecule has 0 unspecified atom stereocenters. The summed E-state index contributed by atoms with van der Waals surface area (Å²) in [5.74, 6) is 0.0121. The van der Waals surface area contributed by atoms with Crippen LogP contribution in [0.5, 0.6) is 0 Å². The van der Waals surface area contributed by atoms with E-state index in [1.165, 1.54) is 6.92 Å². The Morgan fingerprint density at radius 2 is 1.63 bits per heavy atom. The van der Waals surface area contributed by atoms with Crippen LogP contribution in [0, 0.1) is 5.41 Å². The maximum absolute atomic E-state index is 10.8. The first-order chi connectivity index (χ1) is 8.78. The van der Waals surface area contributed by atoms with Crippen molar-refractivity contribution in [1.82, 2.24) is 0 Å². The molecule has 1 aromatic rings. The molecular formula is C16H30N2O. The second kappa shape index (κ2) is 10.6. The number of hydrogen-bond donors (Lipinski definition) is 2. The monoisotopic (exact) mass is 266 g/mol. The van der Waals surface area contributed by atoms with E-state index in [0.29, 0.717) is 16.7 Å². The van der Waals surface area contributed by atoms with Gasteiger partial charge in [0.15, 0.2) is 5.78 Å². The fourth-order valence-corrected chi connectivity index (χ4v) is 1.25. The Balaban J connectivity index is 0. The average molecular weight is 266 g/mol. The van der Waals surface area contributed by atoms with E-state index < -0.39 is 0 Å². The van der Waals surface area contributed by atoms with Crippen LogP contribution in [0.1, 0.15) is 58.3 Å². The zero-order valence-electron chi connectivity index (χ0n) is 13.3. The van der Waals surface area contributed by atoms with E-state index in [1.807, 2.05) is 19.9 Å². The van der Waals surface area contributed by atoms with E-state index in [-0.39, 0.29) is 5.78 Å². The number of para-hydroxylation sites is 1. The Morgan fingerprint density at radius 3 is 1.84 bits per heavy atom. The topological polar surface area (TPSA) is 69.1 Å². The van der Waals surface area contributed by atoms with Crippen molar-refractivity contribution >= 4 is 11.5 Å². The van der Waals surface area contributed by atoms with Gasteiger partial charge in [0.05, 0.1) is 0 Å². The van der Waals surface area contributed by atoms with Gasteiger partial charge in [-0.15, -0.1) is 0 Å². The molecule has 0 aromatic heterocycles. The van der Waals surface area contributed by atoms with Crippen LogP contribution in [0.3, 0.4) is 0 Å². The molecule has 0 atom stereocenters. The van der Waals surface area contributed by atoms with Crippen molar-refractivity contribution < 1.29 is 4.79 Å². The summed E-state index contributed by atoms with van der Waals surface area (Å²) < 4.78 is 0. The van der Waals surface area contributed by atoms with Gasteiger partial charge in [0.1, 0.15) is 0 Å². The zero-order valence-corrected chi connectivity index (χ0v) is 13.3. The lowest BCUT2D eigenvalue weighted by Gasteiger charge is -2.15. The maximum atomic E-state index is 10.8. The van der Waals surface area contributed by atoms with Gasteiger partial charge in [0, 0.05) is 11.3 Å². The number of rotatable bonds is 2. The molecule has 0 heterocycles. The van der Waals surface area contributed by atoms with Gasteiger partial charge in [-0.2, -0.15) is 0 Å². The van der Waals surface area contributed by atoms with Crippen LogP contribution in [0.25, 0.3) is 0 Å². The van der Waals surface area contributed by atoms with E-state index in [9.17, 15) is 4.79 Å². The van der Waals surface area contributed by atoms with Crippen LogP contribution in [0.2, 0.25) is 0 Å². The second-order valence-corrected chi connectivity index (χ2v) is 5.24. The first-order valence-electron chi connectivity index (χ1n) is 6.83.